The van der Waals surface area contributed by atoms with E-state index in [0.29, 0.717) is 12.5 Å². The number of rotatable bonds is 5. The SMILES string of the molecule is NC(=O)c1ccc(F)c(C(=O)NCCC2CCc3ccccc3C2)c1. The number of aryl methyl sites for hydroxylation is 1. The lowest BCUT2D eigenvalue weighted by molar-refractivity contribution is 0.0947. The highest BCUT2D eigenvalue weighted by atomic mass is 19.1. The Labute approximate surface area is 146 Å². The van der Waals surface area contributed by atoms with E-state index >= 15 is 0 Å². The van der Waals surface area contributed by atoms with Crippen molar-refractivity contribution < 1.29 is 14.0 Å². The molecule has 3 rings (SSSR count). The third kappa shape index (κ3) is 4.05. The standard InChI is InChI=1S/C20H21FN2O2/c21-18-8-7-16(19(22)24)12-17(18)20(25)23-10-9-13-5-6-14-3-1-2-4-15(14)11-13/h1-4,7-8,12-13H,5-6,9-11H2,(H2,22,24)(H,23,25). The Bertz CT molecular complexity index is 804. The maximum Gasteiger partial charge on any atom is 0.254 e. The number of halogens is 1. The number of carbonyl (C=O) groups is 2. The van der Waals surface area contributed by atoms with E-state index in [-0.39, 0.29) is 11.1 Å². The number of amides is 2. The number of hydrogen-bond donors (Lipinski definition) is 2. The van der Waals surface area contributed by atoms with Crippen molar-refractivity contribution in [2.24, 2.45) is 11.7 Å². The van der Waals surface area contributed by atoms with E-state index in [1.165, 1.54) is 23.3 Å². The largest absolute Gasteiger partial charge is 0.366 e. The molecule has 1 aliphatic rings. The molecule has 0 spiro atoms. The molecule has 1 unspecified atom stereocenters. The molecule has 0 bridgehead atoms. The van der Waals surface area contributed by atoms with Gasteiger partial charge in [-0.05, 0) is 60.9 Å². The fraction of sp³-hybridized carbons (Fsp3) is 0.300. The molecule has 2 amide bonds. The summed E-state index contributed by atoms with van der Waals surface area (Å²) >= 11 is 0. The first-order chi connectivity index (χ1) is 12.0. The number of carbonyl (C=O) groups excluding carboxylic acids is 2. The van der Waals surface area contributed by atoms with Gasteiger partial charge < -0.3 is 11.1 Å². The van der Waals surface area contributed by atoms with Crippen molar-refractivity contribution in [3.63, 3.8) is 0 Å². The van der Waals surface area contributed by atoms with E-state index in [4.69, 9.17) is 5.73 Å². The molecular weight excluding hydrogens is 319 g/mol. The predicted molar refractivity (Wildman–Crippen MR) is 93.8 cm³/mol. The maximum atomic E-state index is 13.8. The number of nitrogens with one attached hydrogen (secondary N) is 1. The Morgan fingerprint density at radius 1 is 1.16 bits per heavy atom. The van der Waals surface area contributed by atoms with Crippen molar-refractivity contribution >= 4 is 11.8 Å². The van der Waals surface area contributed by atoms with E-state index in [1.54, 1.807) is 0 Å². The van der Waals surface area contributed by atoms with Gasteiger partial charge in [0.2, 0.25) is 5.91 Å². The summed E-state index contributed by atoms with van der Waals surface area (Å²) < 4.78 is 13.8. The second-order valence-electron chi connectivity index (χ2n) is 6.48. The van der Waals surface area contributed by atoms with E-state index < -0.39 is 17.6 Å². The minimum atomic E-state index is -0.685. The van der Waals surface area contributed by atoms with Gasteiger partial charge in [0, 0.05) is 12.1 Å². The van der Waals surface area contributed by atoms with Crippen LogP contribution in [0.2, 0.25) is 0 Å². The average molecular weight is 340 g/mol. The number of hydrogen-bond acceptors (Lipinski definition) is 2. The van der Waals surface area contributed by atoms with Gasteiger partial charge in [0.15, 0.2) is 0 Å². The molecule has 1 aliphatic carbocycles. The molecule has 130 valence electrons. The van der Waals surface area contributed by atoms with Gasteiger partial charge in [0.1, 0.15) is 5.82 Å². The lowest BCUT2D eigenvalue weighted by atomic mass is 9.82. The number of benzene rings is 2. The predicted octanol–water partition coefficient (Wildman–Crippen LogP) is 2.85. The summed E-state index contributed by atoms with van der Waals surface area (Å²) in [5.41, 5.74) is 7.94. The van der Waals surface area contributed by atoms with Gasteiger partial charge in [0.05, 0.1) is 5.56 Å². The highest BCUT2D eigenvalue weighted by Gasteiger charge is 2.19. The Morgan fingerprint density at radius 3 is 2.68 bits per heavy atom. The van der Waals surface area contributed by atoms with Crippen LogP contribution in [-0.4, -0.2) is 18.4 Å². The first-order valence-corrected chi connectivity index (χ1v) is 8.49. The van der Waals surface area contributed by atoms with Gasteiger partial charge in [0.25, 0.3) is 5.91 Å². The number of fused-ring (bicyclic) bond motifs is 1. The Kier molecular flexibility index (Phi) is 5.12. The minimum absolute atomic E-state index is 0.121. The summed E-state index contributed by atoms with van der Waals surface area (Å²) in [7, 11) is 0. The zero-order valence-electron chi connectivity index (χ0n) is 13.9. The molecule has 0 radical (unpaired) electrons. The normalized spacial score (nSPS) is 16.1. The van der Waals surface area contributed by atoms with Crippen LogP contribution in [0.25, 0.3) is 0 Å². The number of primary amides is 1. The lowest BCUT2D eigenvalue weighted by Gasteiger charge is -2.24. The van der Waals surface area contributed by atoms with Crippen molar-refractivity contribution in [3.05, 3.63) is 70.5 Å². The molecule has 0 aromatic heterocycles. The quantitative estimate of drug-likeness (QED) is 0.878. The highest BCUT2D eigenvalue weighted by molar-refractivity contribution is 5.99. The van der Waals surface area contributed by atoms with Crippen LogP contribution < -0.4 is 11.1 Å². The van der Waals surface area contributed by atoms with Gasteiger partial charge in [-0.1, -0.05) is 24.3 Å². The first kappa shape index (κ1) is 17.1. The molecule has 0 fully saturated rings. The fourth-order valence-corrected chi connectivity index (χ4v) is 3.36. The molecule has 25 heavy (non-hydrogen) atoms. The Morgan fingerprint density at radius 2 is 1.92 bits per heavy atom. The lowest BCUT2D eigenvalue weighted by Crippen LogP contribution is -2.28. The third-order valence-electron chi connectivity index (χ3n) is 4.78. The molecular formula is C20H21FN2O2. The van der Waals surface area contributed by atoms with Gasteiger partial charge in [-0.15, -0.1) is 0 Å². The van der Waals surface area contributed by atoms with Gasteiger partial charge in [-0.2, -0.15) is 0 Å². The van der Waals surface area contributed by atoms with Crippen molar-refractivity contribution in [2.45, 2.75) is 25.7 Å². The molecule has 1 atom stereocenters. The monoisotopic (exact) mass is 340 g/mol. The Balaban J connectivity index is 1.55. The minimum Gasteiger partial charge on any atom is -0.366 e. The highest BCUT2D eigenvalue weighted by Crippen LogP contribution is 2.27. The summed E-state index contributed by atoms with van der Waals surface area (Å²) in [5.74, 6) is -1.35. The van der Waals surface area contributed by atoms with E-state index in [1.807, 2.05) is 0 Å². The molecule has 4 nitrogen and oxygen atoms in total. The van der Waals surface area contributed by atoms with E-state index in [0.717, 1.165) is 31.7 Å². The van der Waals surface area contributed by atoms with Crippen molar-refractivity contribution in [2.75, 3.05) is 6.54 Å². The van der Waals surface area contributed by atoms with Gasteiger partial charge >= 0.3 is 0 Å². The molecule has 2 aromatic rings. The van der Waals surface area contributed by atoms with E-state index in [2.05, 4.69) is 29.6 Å². The summed E-state index contributed by atoms with van der Waals surface area (Å²) in [6.45, 7) is 0.478. The fourth-order valence-electron chi connectivity index (χ4n) is 3.36. The average Bonchev–Trinajstić information content (AvgIpc) is 2.61. The summed E-state index contributed by atoms with van der Waals surface area (Å²) in [4.78, 5) is 23.4. The van der Waals surface area contributed by atoms with Gasteiger partial charge in [-0.25, -0.2) is 4.39 Å². The van der Waals surface area contributed by atoms with Crippen molar-refractivity contribution in [1.29, 1.82) is 0 Å². The van der Waals surface area contributed by atoms with Crippen molar-refractivity contribution in [3.8, 4) is 0 Å². The first-order valence-electron chi connectivity index (χ1n) is 8.49. The molecule has 3 N–H and O–H groups in total. The second-order valence-corrected chi connectivity index (χ2v) is 6.48. The van der Waals surface area contributed by atoms with Gasteiger partial charge in [-0.3, -0.25) is 9.59 Å². The topological polar surface area (TPSA) is 72.2 Å². The van der Waals surface area contributed by atoms with Crippen LogP contribution in [0.5, 0.6) is 0 Å². The Hall–Kier alpha value is -2.69. The van der Waals surface area contributed by atoms with Crippen molar-refractivity contribution in [1.82, 2.24) is 5.32 Å². The molecule has 5 heteroatoms. The third-order valence-corrected chi connectivity index (χ3v) is 4.78. The van der Waals surface area contributed by atoms with Crippen LogP contribution in [0.1, 0.15) is 44.7 Å². The van der Waals surface area contributed by atoms with Crippen LogP contribution >= 0.6 is 0 Å². The zero-order valence-corrected chi connectivity index (χ0v) is 13.9. The smallest absolute Gasteiger partial charge is 0.254 e. The molecule has 2 aromatic carbocycles. The second kappa shape index (κ2) is 7.47. The van der Waals surface area contributed by atoms with Crippen LogP contribution in [-0.2, 0) is 12.8 Å². The van der Waals surface area contributed by atoms with Crippen LogP contribution in [0, 0.1) is 11.7 Å². The molecule has 0 saturated carbocycles. The van der Waals surface area contributed by atoms with Crippen LogP contribution in [0.4, 0.5) is 4.39 Å². The maximum absolute atomic E-state index is 13.8. The van der Waals surface area contributed by atoms with E-state index in [9.17, 15) is 14.0 Å². The van der Waals surface area contributed by atoms with Crippen LogP contribution in [0.15, 0.2) is 42.5 Å². The molecule has 0 saturated heterocycles. The summed E-state index contributed by atoms with van der Waals surface area (Å²) in [6, 6.07) is 12.0. The molecule has 0 heterocycles. The zero-order chi connectivity index (χ0) is 17.8. The summed E-state index contributed by atoms with van der Waals surface area (Å²) in [5, 5.41) is 2.75. The van der Waals surface area contributed by atoms with Crippen LogP contribution in [0.3, 0.4) is 0 Å². The molecule has 0 aliphatic heterocycles. The summed E-state index contributed by atoms with van der Waals surface area (Å²) in [6.07, 6.45) is 4.01. The number of nitrogens with two attached hydrogens (primary N) is 1.